The van der Waals surface area contributed by atoms with E-state index in [4.69, 9.17) is 40.1 Å². The number of ether oxygens (including phenoxy) is 1. The molecule has 1 aliphatic heterocycles. The zero-order chi connectivity index (χ0) is 20.7. The standard InChI is InChI=1S/C19H17Cl2FN4O2/c1-3-19(6-7-28-18(23)26-19)15-10-14(4-5-16(15)22)25-17(27)9-12(20)8-13(21)11-24-2/h1,4-5,8,10-11H,2,6-7,9H2,(H2,23,26)(H,25,27)/b12-8+,13-11+/t19-/m0/s1. The first-order chi connectivity index (χ1) is 13.3. The molecule has 9 heteroatoms. The molecule has 1 amide bonds. The molecule has 1 heterocycles. The van der Waals surface area contributed by atoms with Crippen LogP contribution < -0.4 is 11.1 Å². The van der Waals surface area contributed by atoms with E-state index in [1.165, 1.54) is 30.5 Å². The normalized spacial score (nSPS) is 19.9. The maximum atomic E-state index is 14.5. The summed E-state index contributed by atoms with van der Waals surface area (Å²) in [4.78, 5) is 19.8. The minimum absolute atomic E-state index is 0.115. The van der Waals surface area contributed by atoms with Crippen LogP contribution in [0.15, 0.2) is 50.5 Å². The third-order valence-corrected chi connectivity index (χ3v) is 4.24. The number of carbonyl (C=O) groups is 1. The lowest BCUT2D eigenvalue weighted by Gasteiger charge is -2.29. The number of nitrogens with two attached hydrogens (primary N) is 1. The molecule has 1 atom stereocenters. The molecule has 1 aromatic rings. The number of hydrogen-bond donors (Lipinski definition) is 2. The number of halogens is 3. The molecule has 146 valence electrons. The summed E-state index contributed by atoms with van der Waals surface area (Å²) in [5.74, 6) is 1.49. The molecule has 0 saturated carbocycles. The van der Waals surface area contributed by atoms with Gasteiger partial charge in [0.05, 0.1) is 18.1 Å². The smallest absolute Gasteiger partial charge is 0.283 e. The summed E-state index contributed by atoms with van der Waals surface area (Å²) in [7, 11) is 0. The Labute approximate surface area is 172 Å². The van der Waals surface area contributed by atoms with E-state index in [0.717, 1.165) is 0 Å². The number of aliphatic imine (C=N–C) groups is 2. The number of allylic oxidation sites excluding steroid dienone is 2. The number of rotatable bonds is 6. The first kappa shape index (κ1) is 21.5. The Morgan fingerprint density at radius 3 is 2.96 bits per heavy atom. The topological polar surface area (TPSA) is 89.1 Å². The molecular weight excluding hydrogens is 406 g/mol. The molecule has 0 aromatic heterocycles. The zero-order valence-electron chi connectivity index (χ0n) is 14.7. The zero-order valence-corrected chi connectivity index (χ0v) is 16.2. The van der Waals surface area contributed by atoms with Crippen LogP contribution in [-0.4, -0.2) is 25.3 Å². The molecule has 2 rings (SSSR count). The molecule has 1 aromatic carbocycles. The van der Waals surface area contributed by atoms with E-state index in [0.29, 0.717) is 5.69 Å². The van der Waals surface area contributed by atoms with Crippen molar-refractivity contribution in [1.29, 1.82) is 0 Å². The monoisotopic (exact) mass is 422 g/mol. The molecule has 0 aliphatic carbocycles. The van der Waals surface area contributed by atoms with Crippen LogP contribution in [0.4, 0.5) is 10.1 Å². The van der Waals surface area contributed by atoms with Crippen LogP contribution in [0.25, 0.3) is 0 Å². The summed E-state index contributed by atoms with van der Waals surface area (Å²) in [6.07, 6.45) is 8.37. The van der Waals surface area contributed by atoms with Crippen molar-refractivity contribution in [2.75, 3.05) is 11.9 Å². The predicted molar refractivity (Wildman–Crippen MR) is 110 cm³/mol. The van der Waals surface area contributed by atoms with Gasteiger partial charge in [-0.25, -0.2) is 9.38 Å². The summed E-state index contributed by atoms with van der Waals surface area (Å²) in [6.45, 7) is 3.46. The maximum absolute atomic E-state index is 14.5. The number of amides is 1. The number of amidine groups is 1. The number of nitrogens with one attached hydrogen (secondary N) is 1. The van der Waals surface area contributed by atoms with Crippen molar-refractivity contribution in [3.05, 3.63) is 51.9 Å². The fourth-order valence-electron chi connectivity index (χ4n) is 2.56. The van der Waals surface area contributed by atoms with E-state index >= 15 is 0 Å². The SMILES string of the molecule is C#C[C@@]1(c2cc(NC(=O)C/C(Cl)=C\C(Cl)=C/N=C)ccc2F)CCOC(N)=N1. The van der Waals surface area contributed by atoms with Crippen molar-refractivity contribution in [2.24, 2.45) is 15.7 Å². The summed E-state index contributed by atoms with van der Waals surface area (Å²) >= 11 is 11.8. The Balaban J connectivity index is 2.23. The summed E-state index contributed by atoms with van der Waals surface area (Å²) < 4.78 is 19.5. The van der Waals surface area contributed by atoms with E-state index in [1.807, 2.05) is 0 Å². The predicted octanol–water partition coefficient (Wildman–Crippen LogP) is 3.62. The van der Waals surface area contributed by atoms with Gasteiger partial charge >= 0.3 is 0 Å². The second-order valence-electron chi connectivity index (χ2n) is 5.76. The Bertz CT molecular complexity index is 921. The highest BCUT2D eigenvalue weighted by Gasteiger charge is 2.36. The molecule has 0 saturated heterocycles. The van der Waals surface area contributed by atoms with Gasteiger partial charge in [0, 0.05) is 28.9 Å². The molecular formula is C19H17Cl2FN4O2. The fraction of sp³-hybridized carbons (Fsp3) is 0.211. The largest absolute Gasteiger partial charge is 0.465 e. The van der Waals surface area contributed by atoms with E-state index in [1.54, 1.807) is 0 Å². The van der Waals surface area contributed by atoms with Crippen LogP contribution in [0.2, 0.25) is 0 Å². The van der Waals surface area contributed by atoms with Gasteiger partial charge in [0.15, 0.2) is 5.54 Å². The average molecular weight is 423 g/mol. The Morgan fingerprint density at radius 1 is 1.57 bits per heavy atom. The van der Waals surface area contributed by atoms with Crippen molar-refractivity contribution in [3.63, 3.8) is 0 Å². The van der Waals surface area contributed by atoms with Crippen LogP contribution in [0.5, 0.6) is 0 Å². The van der Waals surface area contributed by atoms with Gasteiger partial charge in [0.25, 0.3) is 6.02 Å². The van der Waals surface area contributed by atoms with Crippen LogP contribution in [0.1, 0.15) is 18.4 Å². The number of anilines is 1. The molecule has 6 nitrogen and oxygen atoms in total. The molecule has 28 heavy (non-hydrogen) atoms. The van der Waals surface area contributed by atoms with E-state index in [2.05, 4.69) is 27.9 Å². The quantitative estimate of drug-likeness (QED) is 0.416. The summed E-state index contributed by atoms with van der Waals surface area (Å²) in [5, 5.41) is 3.04. The lowest BCUT2D eigenvalue weighted by atomic mass is 9.87. The van der Waals surface area contributed by atoms with Crippen molar-refractivity contribution in [2.45, 2.75) is 18.4 Å². The Morgan fingerprint density at radius 2 is 2.32 bits per heavy atom. The molecule has 0 radical (unpaired) electrons. The van der Waals surface area contributed by atoms with Crippen molar-refractivity contribution in [1.82, 2.24) is 0 Å². The van der Waals surface area contributed by atoms with Gasteiger partial charge in [0.2, 0.25) is 5.91 Å². The Hall–Kier alpha value is -2.82. The highest BCUT2D eigenvalue weighted by atomic mass is 35.5. The molecule has 1 aliphatic rings. The highest BCUT2D eigenvalue weighted by Crippen LogP contribution is 2.35. The average Bonchev–Trinajstić information content (AvgIpc) is 2.63. The van der Waals surface area contributed by atoms with Gasteiger partial charge < -0.3 is 15.8 Å². The second kappa shape index (κ2) is 9.40. The number of terminal acetylenes is 1. The molecule has 0 fully saturated rings. The fourth-order valence-corrected chi connectivity index (χ4v) is 3.06. The molecule has 0 bridgehead atoms. The molecule has 3 N–H and O–H groups in total. The third kappa shape index (κ3) is 5.35. The summed E-state index contributed by atoms with van der Waals surface area (Å²) in [5.41, 5.74) is 4.74. The van der Waals surface area contributed by atoms with Crippen molar-refractivity contribution >= 4 is 47.5 Å². The first-order valence-corrected chi connectivity index (χ1v) is 8.78. The van der Waals surface area contributed by atoms with Crippen LogP contribution in [0, 0.1) is 18.2 Å². The minimum Gasteiger partial charge on any atom is -0.465 e. The second-order valence-corrected chi connectivity index (χ2v) is 6.68. The van der Waals surface area contributed by atoms with Gasteiger partial charge in [-0.05, 0) is 31.0 Å². The van der Waals surface area contributed by atoms with Crippen LogP contribution >= 0.6 is 23.2 Å². The molecule has 0 spiro atoms. The minimum atomic E-state index is -1.30. The number of hydrogen-bond acceptors (Lipinski definition) is 5. The number of nitrogens with zero attached hydrogens (tertiary/aromatic N) is 2. The van der Waals surface area contributed by atoms with Gasteiger partial charge in [-0.3, -0.25) is 9.79 Å². The highest BCUT2D eigenvalue weighted by molar-refractivity contribution is 6.35. The Kier molecular flexibility index (Phi) is 7.21. The van der Waals surface area contributed by atoms with Gasteiger partial charge in [-0.1, -0.05) is 29.1 Å². The third-order valence-electron chi connectivity index (χ3n) is 3.79. The van der Waals surface area contributed by atoms with Gasteiger partial charge in [-0.15, -0.1) is 6.42 Å². The van der Waals surface area contributed by atoms with Crippen molar-refractivity contribution in [3.8, 4) is 12.3 Å². The van der Waals surface area contributed by atoms with Gasteiger partial charge in [-0.2, -0.15) is 0 Å². The number of carbonyl (C=O) groups excluding carboxylic acids is 1. The summed E-state index contributed by atoms with van der Waals surface area (Å²) in [6, 6.07) is 3.90. The molecule has 0 unspecified atom stereocenters. The van der Waals surface area contributed by atoms with E-state index in [9.17, 15) is 9.18 Å². The van der Waals surface area contributed by atoms with Gasteiger partial charge in [0.1, 0.15) is 5.82 Å². The van der Waals surface area contributed by atoms with Crippen molar-refractivity contribution < 1.29 is 13.9 Å². The number of benzene rings is 1. The lowest BCUT2D eigenvalue weighted by Crippen LogP contribution is -2.35. The van der Waals surface area contributed by atoms with Crippen LogP contribution in [-0.2, 0) is 15.1 Å². The van der Waals surface area contributed by atoms with E-state index < -0.39 is 17.3 Å². The first-order valence-electron chi connectivity index (χ1n) is 8.03. The lowest BCUT2D eigenvalue weighted by molar-refractivity contribution is -0.115. The van der Waals surface area contributed by atoms with Crippen LogP contribution in [0.3, 0.4) is 0 Å². The van der Waals surface area contributed by atoms with E-state index in [-0.39, 0.29) is 41.1 Å². The maximum Gasteiger partial charge on any atom is 0.283 e.